The first kappa shape index (κ1) is 11.1. The minimum atomic E-state index is -0.615. The highest BCUT2D eigenvalue weighted by Crippen LogP contribution is 2.41. The summed E-state index contributed by atoms with van der Waals surface area (Å²) in [5.41, 5.74) is 0.283. The number of guanidine groups is 1. The smallest absolute Gasteiger partial charge is 0.288 e. The molecule has 1 aliphatic carbocycles. The van der Waals surface area contributed by atoms with Crippen LogP contribution in [0.3, 0.4) is 0 Å². The Labute approximate surface area is 94.7 Å². The van der Waals surface area contributed by atoms with E-state index in [1.165, 1.54) is 25.7 Å². The van der Waals surface area contributed by atoms with E-state index in [1.54, 1.807) is 0 Å². The summed E-state index contributed by atoms with van der Waals surface area (Å²) in [5, 5.41) is 4.84. The molecule has 0 aromatic carbocycles. The first-order valence-corrected chi connectivity index (χ1v) is 5.82. The predicted molar refractivity (Wildman–Crippen MR) is 59.8 cm³/mol. The highest BCUT2D eigenvalue weighted by Gasteiger charge is 2.32. The zero-order valence-electron chi connectivity index (χ0n) is 9.51. The molecule has 2 aliphatic rings. The number of carbonyl (C=O) groups is 2. The number of carbonyl (C=O) groups excluding carboxylic acids is 2. The molecule has 2 amide bonds. The Morgan fingerprint density at radius 1 is 1.19 bits per heavy atom. The molecule has 1 saturated carbocycles. The van der Waals surface area contributed by atoms with Crippen LogP contribution in [-0.4, -0.2) is 24.3 Å². The molecule has 5 heteroatoms. The Morgan fingerprint density at radius 2 is 1.75 bits per heavy atom. The van der Waals surface area contributed by atoms with Gasteiger partial charge in [-0.05, 0) is 24.7 Å². The Kier molecular flexibility index (Phi) is 2.94. The third-order valence-electron chi connectivity index (χ3n) is 3.66. The van der Waals surface area contributed by atoms with E-state index in [0.717, 1.165) is 6.42 Å². The van der Waals surface area contributed by atoms with E-state index in [2.05, 4.69) is 22.5 Å². The van der Waals surface area contributed by atoms with E-state index in [1.807, 2.05) is 0 Å². The van der Waals surface area contributed by atoms with Crippen molar-refractivity contribution in [3.05, 3.63) is 0 Å². The minimum Gasteiger partial charge on any atom is -0.288 e. The fourth-order valence-electron chi connectivity index (χ4n) is 2.43. The summed E-state index contributed by atoms with van der Waals surface area (Å²) in [5.74, 6) is -0.916. The third-order valence-corrected chi connectivity index (χ3v) is 3.66. The molecule has 0 aromatic heterocycles. The van der Waals surface area contributed by atoms with Crippen LogP contribution in [-0.2, 0) is 9.59 Å². The molecular weight excluding hydrogens is 206 g/mol. The molecule has 2 rings (SSSR count). The lowest BCUT2D eigenvalue weighted by Crippen LogP contribution is -2.29. The molecule has 0 bridgehead atoms. The van der Waals surface area contributed by atoms with Gasteiger partial charge in [0.15, 0.2) is 0 Å². The maximum Gasteiger partial charge on any atom is 0.316 e. The van der Waals surface area contributed by atoms with E-state index >= 15 is 0 Å². The van der Waals surface area contributed by atoms with Crippen molar-refractivity contribution in [3.63, 3.8) is 0 Å². The van der Waals surface area contributed by atoms with E-state index in [4.69, 9.17) is 0 Å². The molecular formula is C11H17N3O2. The monoisotopic (exact) mass is 223 g/mol. The number of aliphatic imine (C=N–C) groups is 1. The fraction of sp³-hybridized carbons (Fsp3) is 0.727. The van der Waals surface area contributed by atoms with E-state index in [9.17, 15) is 9.59 Å². The summed E-state index contributed by atoms with van der Waals surface area (Å²) >= 11 is 0. The van der Waals surface area contributed by atoms with Gasteiger partial charge in [0, 0.05) is 6.54 Å². The van der Waals surface area contributed by atoms with Crippen molar-refractivity contribution < 1.29 is 9.59 Å². The standard InChI is InChI=1S/C11H17N3O2/c1-2-11(5-3-4-6-11)7-12-10-13-8(15)9(16)14-10/h2-7H2,1H3,(H2,12,13,14,15,16). The molecule has 0 atom stereocenters. The Morgan fingerprint density at radius 3 is 2.25 bits per heavy atom. The van der Waals surface area contributed by atoms with Gasteiger partial charge in [0.25, 0.3) is 0 Å². The maximum atomic E-state index is 10.9. The van der Waals surface area contributed by atoms with Crippen LogP contribution in [0.2, 0.25) is 0 Å². The van der Waals surface area contributed by atoms with Crippen molar-refractivity contribution in [2.24, 2.45) is 10.4 Å². The fourth-order valence-corrected chi connectivity index (χ4v) is 2.43. The number of amides is 2. The normalized spacial score (nSPS) is 23.2. The van der Waals surface area contributed by atoms with Crippen molar-refractivity contribution in [2.75, 3.05) is 6.54 Å². The van der Waals surface area contributed by atoms with Gasteiger partial charge in [-0.2, -0.15) is 0 Å². The van der Waals surface area contributed by atoms with Crippen LogP contribution in [0.15, 0.2) is 4.99 Å². The lowest BCUT2D eigenvalue weighted by atomic mass is 9.84. The molecule has 2 N–H and O–H groups in total. The molecule has 0 unspecified atom stereocenters. The average molecular weight is 223 g/mol. The van der Waals surface area contributed by atoms with E-state index in [-0.39, 0.29) is 5.41 Å². The first-order chi connectivity index (χ1) is 7.65. The zero-order chi connectivity index (χ0) is 11.6. The van der Waals surface area contributed by atoms with Gasteiger partial charge in [0.05, 0.1) is 0 Å². The minimum absolute atomic E-state index is 0.283. The van der Waals surface area contributed by atoms with Gasteiger partial charge in [-0.25, -0.2) is 0 Å². The van der Waals surface area contributed by atoms with Crippen molar-refractivity contribution in [1.29, 1.82) is 0 Å². The highest BCUT2D eigenvalue weighted by molar-refractivity contribution is 6.45. The van der Waals surface area contributed by atoms with Crippen molar-refractivity contribution >= 4 is 17.8 Å². The van der Waals surface area contributed by atoms with E-state index < -0.39 is 11.8 Å². The third kappa shape index (κ3) is 2.08. The number of hydrogen-bond acceptors (Lipinski definition) is 3. The topological polar surface area (TPSA) is 70.6 Å². The van der Waals surface area contributed by atoms with Crippen LogP contribution in [0.1, 0.15) is 39.0 Å². The molecule has 1 saturated heterocycles. The lowest BCUT2D eigenvalue weighted by Gasteiger charge is -2.24. The van der Waals surface area contributed by atoms with Crippen LogP contribution in [0.5, 0.6) is 0 Å². The summed E-state index contributed by atoms with van der Waals surface area (Å²) in [7, 11) is 0. The Bertz CT molecular complexity index is 325. The van der Waals surface area contributed by atoms with Crippen LogP contribution in [0.25, 0.3) is 0 Å². The van der Waals surface area contributed by atoms with Crippen molar-refractivity contribution in [1.82, 2.24) is 10.6 Å². The number of hydrogen-bond donors (Lipinski definition) is 2. The number of nitrogens with zero attached hydrogens (tertiary/aromatic N) is 1. The van der Waals surface area contributed by atoms with Gasteiger partial charge >= 0.3 is 11.8 Å². The second-order valence-corrected chi connectivity index (χ2v) is 4.63. The number of rotatable bonds is 3. The molecule has 5 nitrogen and oxygen atoms in total. The highest BCUT2D eigenvalue weighted by atomic mass is 16.2. The van der Waals surface area contributed by atoms with E-state index in [0.29, 0.717) is 12.5 Å². The van der Waals surface area contributed by atoms with Crippen LogP contribution in [0, 0.1) is 5.41 Å². The van der Waals surface area contributed by atoms with Gasteiger partial charge in [-0.15, -0.1) is 0 Å². The molecule has 88 valence electrons. The molecule has 2 fully saturated rings. The second kappa shape index (κ2) is 4.23. The lowest BCUT2D eigenvalue weighted by molar-refractivity contribution is -0.135. The summed E-state index contributed by atoms with van der Waals surface area (Å²) in [6, 6.07) is 0. The maximum absolute atomic E-state index is 10.9. The molecule has 16 heavy (non-hydrogen) atoms. The molecule has 0 spiro atoms. The largest absolute Gasteiger partial charge is 0.316 e. The van der Waals surface area contributed by atoms with Gasteiger partial charge in [0.1, 0.15) is 0 Å². The second-order valence-electron chi connectivity index (χ2n) is 4.63. The van der Waals surface area contributed by atoms with Gasteiger partial charge in [0.2, 0.25) is 5.96 Å². The molecule has 0 radical (unpaired) electrons. The molecule has 1 aliphatic heterocycles. The summed E-state index contributed by atoms with van der Waals surface area (Å²) < 4.78 is 0. The predicted octanol–water partition coefficient (Wildman–Crippen LogP) is 0.559. The summed E-state index contributed by atoms with van der Waals surface area (Å²) in [4.78, 5) is 26.2. The van der Waals surface area contributed by atoms with Crippen LogP contribution < -0.4 is 10.6 Å². The summed E-state index contributed by atoms with van der Waals surface area (Å²) in [6.07, 6.45) is 6.02. The van der Waals surface area contributed by atoms with Gasteiger partial charge < -0.3 is 0 Å². The van der Waals surface area contributed by atoms with Crippen LogP contribution in [0.4, 0.5) is 0 Å². The molecule has 0 aromatic rings. The zero-order valence-corrected chi connectivity index (χ0v) is 9.51. The van der Waals surface area contributed by atoms with Crippen LogP contribution >= 0.6 is 0 Å². The number of nitrogens with one attached hydrogen (secondary N) is 2. The SMILES string of the molecule is CCC1(CN=C2NC(=O)C(=O)N2)CCCC1. The Hall–Kier alpha value is -1.39. The van der Waals surface area contributed by atoms with Crippen molar-refractivity contribution in [3.8, 4) is 0 Å². The Balaban J connectivity index is 1.98. The molecule has 1 heterocycles. The van der Waals surface area contributed by atoms with Gasteiger partial charge in [-0.1, -0.05) is 19.8 Å². The average Bonchev–Trinajstić information content (AvgIpc) is 2.85. The quantitative estimate of drug-likeness (QED) is 0.686. The first-order valence-electron chi connectivity index (χ1n) is 5.82. The summed E-state index contributed by atoms with van der Waals surface area (Å²) in [6.45, 7) is 2.87. The van der Waals surface area contributed by atoms with Gasteiger partial charge in [-0.3, -0.25) is 25.2 Å². The van der Waals surface area contributed by atoms with Crippen molar-refractivity contribution in [2.45, 2.75) is 39.0 Å².